The van der Waals surface area contributed by atoms with Crippen molar-refractivity contribution in [3.05, 3.63) is 82.9 Å². The highest BCUT2D eigenvalue weighted by atomic mass is 32.2. The summed E-state index contributed by atoms with van der Waals surface area (Å²) in [6.45, 7) is 0. The fourth-order valence-corrected chi connectivity index (χ4v) is 5.29. The standard InChI is InChI=1S/C22H16N2S2/c1-24-17-9-4-5-10-18(17)26-21(24)12-6-11-20-23-22-16-8-3-2-7-15(16)13-14-19(22)25-20/h2-14H,1H3/p+1. The summed E-state index contributed by atoms with van der Waals surface area (Å²) in [6.07, 6.45) is 6.47. The molecule has 0 saturated carbocycles. The van der Waals surface area contributed by atoms with Crippen LogP contribution in [0.3, 0.4) is 0 Å². The molecule has 2 heterocycles. The van der Waals surface area contributed by atoms with Crippen molar-refractivity contribution in [2.24, 2.45) is 7.05 Å². The van der Waals surface area contributed by atoms with Crippen LogP contribution in [0.15, 0.2) is 82.7 Å². The highest BCUT2D eigenvalue weighted by Gasteiger charge is 2.18. The van der Waals surface area contributed by atoms with Gasteiger partial charge in [-0.15, -0.1) is 0 Å². The van der Waals surface area contributed by atoms with Gasteiger partial charge in [0.2, 0.25) is 5.52 Å². The first-order chi connectivity index (χ1) is 12.8. The average molecular weight is 374 g/mol. The number of hydrogen-bond acceptors (Lipinski definition) is 3. The van der Waals surface area contributed by atoms with Crippen LogP contribution < -0.4 is 9.88 Å². The van der Waals surface area contributed by atoms with Crippen LogP contribution in [-0.2, 0) is 7.05 Å². The molecule has 1 N–H and O–H groups in total. The summed E-state index contributed by atoms with van der Waals surface area (Å²) in [6, 6.07) is 21.4. The van der Waals surface area contributed by atoms with Gasteiger partial charge in [0, 0.05) is 22.4 Å². The zero-order valence-corrected chi connectivity index (χ0v) is 15.9. The number of thiazole rings is 1. The van der Waals surface area contributed by atoms with Crippen molar-refractivity contribution in [3.8, 4) is 0 Å². The zero-order valence-electron chi connectivity index (χ0n) is 14.3. The maximum absolute atomic E-state index is 3.57. The third kappa shape index (κ3) is 2.62. The van der Waals surface area contributed by atoms with Crippen molar-refractivity contribution in [3.63, 3.8) is 0 Å². The van der Waals surface area contributed by atoms with Crippen LogP contribution in [0.5, 0.6) is 0 Å². The van der Waals surface area contributed by atoms with Gasteiger partial charge >= 0.3 is 0 Å². The lowest BCUT2D eigenvalue weighted by molar-refractivity contribution is -0.642. The van der Waals surface area contributed by atoms with Gasteiger partial charge < -0.3 is 5.32 Å². The molecule has 3 aromatic carbocycles. The van der Waals surface area contributed by atoms with Crippen molar-refractivity contribution in [2.75, 3.05) is 5.32 Å². The minimum Gasteiger partial charge on any atom is -0.349 e. The normalized spacial score (nSPS) is 15.2. The number of rotatable bonds is 2. The molecule has 0 unspecified atom stereocenters. The summed E-state index contributed by atoms with van der Waals surface area (Å²) < 4.78 is 3.56. The van der Waals surface area contributed by atoms with Gasteiger partial charge in [-0.05, 0) is 23.6 Å². The Morgan fingerprint density at radius 2 is 1.81 bits per heavy atom. The van der Waals surface area contributed by atoms with Crippen LogP contribution in [-0.4, -0.2) is 0 Å². The molecule has 4 aromatic rings. The Kier molecular flexibility index (Phi) is 3.80. The molecule has 1 aliphatic heterocycles. The summed E-state index contributed by atoms with van der Waals surface area (Å²) >= 11 is 3.61. The van der Waals surface area contributed by atoms with Crippen molar-refractivity contribution in [2.45, 2.75) is 4.90 Å². The third-order valence-corrected chi connectivity index (χ3v) is 6.82. The maximum atomic E-state index is 3.57. The Bertz CT molecular complexity index is 1200. The summed E-state index contributed by atoms with van der Waals surface area (Å²) in [5.41, 5.74) is 2.50. The van der Waals surface area contributed by atoms with Gasteiger partial charge in [0.05, 0.1) is 10.7 Å². The number of aromatic nitrogens is 1. The van der Waals surface area contributed by atoms with Gasteiger partial charge in [-0.1, -0.05) is 71.6 Å². The fraction of sp³-hybridized carbons (Fsp3) is 0.0455. The van der Waals surface area contributed by atoms with Gasteiger partial charge in [0.1, 0.15) is 11.7 Å². The van der Waals surface area contributed by atoms with Gasteiger partial charge in [-0.2, -0.15) is 4.57 Å². The van der Waals surface area contributed by atoms with Gasteiger partial charge in [-0.3, -0.25) is 0 Å². The molecule has 126 valence electrons. The number of allylic oxidation sites excluding steroid dienone is 2. The summed E-state index contributed by atoms with van der Waals surface area (Å²) in [7, 11) is 2.12. The molecule has 4 heteroatoms. The number of nitrogens with one attached hydrogen (secondary N) is 1. The summed E-state index contributed by atoms with van der Waals surface area (Å²) in [4.78, 5) is 1.29. The van der Waals surface area contributed by atoms with E-state index in [4.69, 9.17) is 0 Å². The molecule has 0 fully saturated rings. The number of fused-ring (bicyclic) bond motifs is 4. The fourth-order valence-electron chi connectivity index (χ4n) is 3.29. The number of aryl methyl sites for hydroxylation is 1. The predicted molar refractivity (Wildman–Crippen MR) is 114 cm³/mol. The van der Waals surface area contributed by atoms with Crippen molar-refractivity contribution in [1.29, 1.82) is 0 Å². The second-order valence-corrected chi connectivity index (χ2v) is 8.39. The van der Waals surface area contributed by atoms with E-state index in [1.807, 2.05) is 11.3 Å². The molecule has 1 aliphatic rings. The molecular weight excluding hydrogens is 356 g/mol. The predicted octanol–water partition coefficient (Wildman–Crippen LogP) is 5.95. The minimum absolute atomic E-state index is 1.16. The number of nitrogens with zero attached hydrogens (tertiary/aromatic N) is 1. The monoisotopic (exact) mass is 373 g/mol. The van der Waals surface area contributed by atoms with Crippen molar-refractivity contribution < 1.29 is 4.57 Å². The first-order valence-electron chi connectivity index (χ1n) is 8.52. The van der Waals surface area contributed by atoms with Gasteiger partial charge in [0.15, 0.2) is 0 Å². The van der Waals surface area contributed by atoms with E-state index < -0.39 is 0 Å². The van der Waals surface area contributed by atoms with E-state index in [0.29, 0.717) is 0 Å². The highest BCUT2D eigenvalue weighted by molar-refractivity contribution is 8.03. The Balaban J connectivity index is 1.43. The molecule has 26 heavy (non-hydrogen) atoms. The summed E-state index contributed by atoms with van der Waals surface area (Å²) in [5, 5.41) is 8.53. The molecule has 0 atom stereocenters. The Morgan fingerprint density at radius 3 is 2.73 bits per heavy atom. The lowest BCUT2D eigenvalue weighted by Crippen LogP contribution is -2.28. The highest BCUT2D eigenvalue weighted by Crippen LogP contribution is 2.44. The van der Waals surface area contributed by atoms with Crippen LogP contribution >= 0.6 is 23.1 Å². The van der Waals surface area contributed by atoms with Crippen molar-refractivity contribution in [1.82, 2.24) is 0 Å². The van der Waals surface area contributed by atoms with E-state index in [-0.39, 0.29) is 0 Å². The Hall–Kier alpha value is -2.56. The minimum atomic E-state index is 1.16. The van der Waals surface area contributed by atoms with Crippen LogP contribution in [0.25, 0.3) is 27.1 Å². The molecule has 1 aromatic heterocycles. The lowest BCUT2D eigenvalue weighted by Gasteiger charge is -2.03. The molecule has 5 rings (SSSR count). The first kappa shape index (κ1) is 15.7. The number of para-hydroxylation sites is 1. The van der Waals surface area contributed by atoms with Crippen molar-refractivity contribution >= 4 is 55.9 Å². The van der Waals surface area contributed by atoms with E-state index in [9.17, 15) is 0 Å². The second kappa shape index (κ2) is 6.31. The second-order valence-electron chi connectivity index (χ2n) is 6.24. The Labute approximate surface area is 160 Å². The molecule has 0 spiro atoms. The number of anilines is 1. The maximum Gasteiger partial charge on any atom is 0.262 e. The van der Waals surface area contributed by atoms with Gasteiger partial charge in [-0.25, -0.2) is 0 Å². The average Bonchev–Trinajstić information content (AvgIpc) is 3.23. The van der Waals surface area contributed by atoms with E-state index in [1.165, 1.54) is 36.6 Å². The van der Waals surface area contributed by atoms with E-state index in [0.717, 1.165) is 5.03 Å². The van der Waals surface area contributed by atoms with Crippen LogP contribution in [0, 0.1) is 0 Å². The first-order valence-corrected chi connectivity index (χ1v) is 10.2. The molecule has 0 amide bonds. The van der Waals surface area contributed by atoms with Crippen LogP contribution in [0.4, 0.5) is 5.69 Å². The van der Waals surface area contributed by atoms with E-state index in [1.54, 1.807) is 11.8 Å². The molecule has 0 saturated heterocycles. The smallest absolute Gasteiger partial charge is 0.262 e. The molecule has 0 radical (unpaired) electrons. The van der Waals surface area contributed by atoms with Gasteiger partial charge in [0.25, 0.3) is 5.01 Å². The largest absolute Gasteiger partial charge is 0.349 e. The topological polar surface area (TPSA) is 15.9 Å². The van der Waals surface area contributed by atoms with Crippen LogP contribution in [0.2, 0.25) is 0 Å². The lowest BCUT2D eigenvalue weighted by atomic mass is 10.1. The molecule has 2 nitrogen and oxygen atoms in total. The molecule has 0 aliphatic carbocycles. The Morgan fingerprint density at radius 1 is 0.962 bits per heavy atom. The quantitative estimate of drug-likeness (QED) is 0.437. The van der Waals surface area contributed by atoms with E-state index in [2.05, 4.69) is 95.8 Å². The number of hydrogen-bond donors (Lipinski definition) is 1. The molecular formula is C22H17N2S2+. The number of thioether (sulfide) groups is 1. The zero-order chi connectivity index (χ0) is 17.5. The summed E-state index contributed by atoms with van der Waals surface area (Å²) in [5.74, 6) is 0. The van der Waals surface area contributed by atoms with Crippen LogP contribution in [0.1, 0.15) is 5.01 Å². The number of benzene rings is 3. The third-order valence-electron chi connectivity index (χ3n) is 4.62. The molecule has 0 bridgehead atoms. The SMILES string of the molecule is C[n+]1c(C=CC=C2Nc3c(ccc4ccccc34)S2)sc2ccccc21. The van der Waals surface area contributed by atoms with E-state index >= 15 is 0 Å².